The highest BCUT2D eigenvalue weighted by Gasteiger charge is 2.00. The van der Waals surface area contributed by atoms with Crippen molar-refractivity contribution in [3.05, 3.63) is 90.0 Å². The summed E-state index contributed by atoms with van der Waals surface area (Å²) in [5, 5.41) is 0. The van der Waals surface area contributed by atoms with E-state index < -0.39 is 0 Å². The van der Waals surface area contributed by atoms with Gasteiger partial charge < -0.3 is 9.47 Å². The van der Waals surface area contributed by atoms with Gasteiger partial charge in [0.25, 0.3) is 0 Å². The van der Waals surface area contributed by atoms with E-state index in [0.717, 1.165) is 22.4 Å². The van der Waals surface area contributed by atoms with Crippen molar-refractivity contribution in [3.8, 4) is 5.75 Å². The Labute approximate surface area is 142 Å². The van der Waals surface area contributed by atoms with Crippen molar-refractivity contribution < 1.29 is 14.3 Å². The first kappa shape index (κ1) is 17.3. The molecule has 0 aromatic heterocycles. The fourth-order valence-corrected chi connectivity index (χ4v) is 2.10. The molecule has 0 unspecified atom stereocenters. The second-order valence-electron chi connectivity index (χ2n) is 4.98. The average molecular weight is 320 g/mol. The zero-order chi connectivity index (χ0) is 17.2. The Kier molecular flexibility index (Phi) is 6.59. The molecule has 122 valence electrons. The van der Waals surface area contributed by atoms with Crippen LogP contribution in [0.3, 0.4) is 0 Å². The van der Waals surface area contributed by atoms with Crippen LogP contribution in [0.25, 0.3) is 11.6 Å². The molecule has 24 heavy (non-hydrogen) atoms. The van der Waals surface area contributed by atoms with Gasteiger partial charge in [0.1, 0.15) is 5.75 Å². The monoisotopic (exact) mass is 320 g/mol. The molecule has 0 radical (unpaired) electrons. The van der Waals surface area contributed by atoms with E-state index in [2.05, 4.69) is 10.8 Å². The van der Waals surface area contributed by atoms with Gasteiger partial charge in [-0.25, -0.2) is 4.79 Å². The van der Waals surface area contributed by atoms with E-state index in [1.807, 2.05) is 66.7 Å². The maximum atomic E-state index is 11.1. The summed E-state index contributed by atoms with van der Waals surface area (Å²) >= 11 is 0. The Morgan fingerprint density at radius 2 is 1.54 bits per heavy atom. The van der Waals surface area contributed by atoms with Crippen LogP contribution >= 0.6 is 0 Å². The molecule has 0 spiro atoms. The molecule has 0 atom stereocenters. The largest absolute Gasteiger partial charge is 0.497 e. The van der Waals surface area contributed by atoms with Gasteiger partial charge in [-0.15, -0.1) is 0 Å². The SMILES string of the molecule is COC(=O)/C=C/C=C/C(=C/c1ccccc1)c1ccc(OC)cc1. The van der Waals surface area contributed by atoms with E-state index in [1.54, 1.807) is 13.2 Å². The maximum Gasteiger partial charge on any atom is 0.330 e. The van der Waals surface area contributed by atoms with Crippen molar-refractivity contribution in [1.29, 1.82) is 0 Å². The predicted molar refractivity (Wildman–Crippen MR) is 97.6 cm³/mol. The highest BCUT2D eigenvalue weighted by atomic mass is 16.5. The van der Waals surface area contributed by atoms with Crippen molar-refractivity contribution in [1.82, 2.24) is 0 Å². The third-order valence-corrected chi connectivity index (χ3v) is 3.37. The topological polar surface area (TPSA) is 35.5 Å². The minimum absolute atomic E-state index is 0.377. The Balaban J connectivity index is 2.30. The molecule has 0 aliphatic rings. The minimum Gasteiger partial charge on any atom is -0.497 e. The number of hydrogen-bond acceptors (Lipinski definition) is 3. The van der Waals surface area contributed by atoms with Crippen LogP contribution in [0.1, 0.15) is 11.1 Å². The van der Waals surface area contributed by atoms with Gasteiger partial charge in [0, 0.05) is 6.08 Å². The van der Waals surface area contributed by atoms with Gasteiger partial charge in [-0.1, -0.05) is 60.7 Å². The summed E-state index contributed by atoms with van der Waals surface area (Å²) in [7, 11) is 3.00. The zero-order valence-corrected chi connectivity index (χ0v) is 13.8. The van der Waals surface area contributed by atoms with E-state index in [4.69, 9.17) is 4.74 Å². The van der Waals surface area contributed by atoms with E-state index in [1.165, 1.54) is 13.2 Å². The highest BCUT2D eigenvalue weighted by Crippen LogP contribution is 2.22. The van der Waals surface area contributed by atoms with Crippen LogP contribution in [0.4, 0.5) is 0 Å². The van der Waals surface area contributed by atoms with Gasteiger partial charge in [-0.2, -0.15) is 0 Å². The first-order valence-corrected chi connectivity index (χ1v) is 7.57. The summed E-state index contributed by atoms with van der Waals surface area (Å²) in [6.45, 7) is 0. The fourth-order valence-electron chi connectivity index (χ4n) is 2.10. The molecule has 0 bridgehead atoms. The van der Waals surface area contributed by atoms with Crippen molar-refractivity contribution >= 4 is 17.6 Å². The third-order valence-electron chi connectivity index (χ3n) is 3.37. The fraction of sp³-hybridized carbons (Fsp3) is 0.0952. The van der Waals surface area contributed by atoms with Gasteiger partial charge in [0.05, 0.1) is 14.2 Å². The summed E-state index contributed by atoms with van der Waals surface area (Å²) in [4.78, 5) is 11.1. The van der Waals surface area contributed by atoms with Crippen molar-refractivity contribution in [2.75, 3.05) is 14.2 Å². The number of allylic oxidation sites excluding steroid dienone is 4. The van der Waals surface area contributed by atoms with Crippen LogP contribution in [0.5, 0.6) is 5.75 Å². The molecule has 0 fully saturated rings. The van der Waals surface area contributed by atoms with Crippen LogP contribution in [-0.2, 0) is 9.53 Å². The molecule has 0 N–H and O–H groups in total. The lowest BCUT2D eigenvalue weighted by atomic mass is 10.0. The van der Waals surface area contributed by atoms with E-state index in [0.29, 0.717) is 0 Å². The zero-order valence-electron chi connectivity index (χ0n) is 13.8. The second-order valence-corrected chi connectivity index (χ2v) is 4.98. The number of esters is 1. The van der Waals surface area contributed by atoms with Gasteiger partial charge in [0.15, 0.2) is 0 Å². The van der Waals surface area contributed by atoms with E-state index in [-0.39, 0.29) is 5.97 Å². The number of methoxy groups -OCH3 is 2. The molecule has 0 saturated heterocycles. The van der Waals surface area contributed by atoms with Crippen LogP contribution in [0, 0.1) is 0 Å². The smallest absolute Gasteiger partial charge is 0.330 e. The Morgan fingerprint density at radius 3 is 2.17 bits per heavy atom. The maximum absolute atomic E-state index is 11.1. The summed E-state index contributed by atoms with van der Waals surface area (Å²) in [6.07, 6.45) is 8.90. The molecule has 0 amide bonds. The van der Waals surface area contributed by atoms with E-state index >= 15 is 0 Å². The molecular weight excluding hydrogens is 300 g/mol. The van der Waals surface area contributed by atoms with Gasteiger partial charge in [0.2, 0.25) is 0 Å². The first-order chi connectivity index (χ1) is 11.7. The number of carbonyl (C=O) groups is 1. The number of carbonyl (C=O) groups excluding carboxylic acids is 1. The molecule has 2 rings (SSSR count). The lowest BCUT2D eigenvalue weighted by Crippen LogP contribution is -1.92. The van der Waals surface area contributed by atoms with Gasteiger partial charge >= 0.3 is 5.97 Å². The van der Waals surface area contributed by atoms with Gasteiger partial charge in [-0.05, 0) is 34.9 Å². The Morgan fingerprint density at radius 1 is 0.875 bits per heavy atom. The summed E-state index contributed by atoms with van der Waals surface area (Å²) in [5.41, 5.74) is 3.19. The van der Waals surface area contributed by atoms with Crippen LogP contribution in [-0.4, -0.2) is 20.2 Å². The number of hydrogen-bond donors (Lipinski definition) is 0. The normalized spacial score (nSPS) is 11.8. The number of benzene rings is 2. The van der Waals surface area contributed by atoms with Crippen LogP contribution in [0.15, 0.2) is 78.9 Å². The van der Waals surface area contributed by atoms with Crippen LogP contribution < -0.4 is 4.74 Å². The number of ether oxygens (including phenoxy) is 2. The molecule has 0 aliphatic heterocycles. The summed E-state index contributed by atoms with van der Waals surface area (Å²) in [5.74, 6) is 0.435. The lowest BCUT2D eigenvalue weighted by molar-refractivity contribution is -0.134. The highest BCUT2D eigenvalue weighted by molar-refractivity contribution is 5.88. The third kappa shape index (κ3) is 5.29. The molecule has 2 aromatic rings. The quantitative estimate of drug-likeness (QED) is 0.340. The average Bonchev–Trinajstić information content (AvgIpc) is 2.65. The van der Waals surface area contributed by atoms with Crippen LogP contribution in [0.2, 0.25) is 0 Å². The Bertz CT molecular complexity index is 738. The van der Waals surface area contributed by atoms with Crippen molar-refractivity contribution in [2.24, 2.45) is 0 Å². The molecule has 3 nitrogen and oxygen atoms in total. The van der Waals surface area contributed by atoms with Crippen molar-refractivity contribution in [2.45, 2.75) is 0 Å². The molecule has 0 heterocycles. The summed E-state index contributed by atoms with van der Waals surface area (Å²) < 4.78 is 9.78. The van der Waals surface area contributed by atoms with Gasteiger partial charge in [-0.3, -0.25) is 0 Å². The lowest BCUT2D eigenvalue weighted by Gasteiger charge is -2.05. The number of rotatable bonds is 6. The first-order valence-electron chi connectivity index (χ1n) is 7.57. The van der Waals surface area contributed by atoms with E-state index in [9.17, 15) is 4.79 Å². The standard InChI is InChI=1S/C21H20O3/c1-23-20-14-12-18(13-15-20)19(10-6-7-11-21(22)24-2)16-17-8-4-3-5-9-17/h3-16H,1-2H3/b10-6+,11-7+,19-16-. The van der Waals surface area contributed by atoms with Crippen molar-refractivity contribution in [3.63, 3.8) is 0 Å². The molecule has 0 aliphatic carbocycles. The molecule has 3 heteroatoms. The molecular formula is C21H20O3. The Hall–Kier alpha value is -3.07. The minimum atomic E-state index is -0.377. The second kappa shape index (κ2) is 9.16. The summed E-state index contributed by atoms with van der Waals surface area (Å²) in [6, 6.07) is 17.9. The molecule has 2 aromatic carbocycles. The predicted octanol–water partition coefficient (Wildman–Crippen LogP) is 4.52. The molecule has 0 saturated carbocycles.